The van der Waals surface area contributed by atoms with Crippen molar-refractivity contribution in [2.45, 2.75) is 6.92 Å². The number of carbonyl (C=O) groups excluding carboxylic acids is 1. The first-order valence-electron chi connectivity index (χ1n) is 5.17. The fourth-order valence-corrected chi connectivity index (χ4v) is 2.58. The Morgan fingerprint density at radius 2 is 2.22 bits per heavy atom. The molecule has 0 aliphatic heterocycles. The van der Waals surface area contributed by atoms with Crippen LogP contribution in [-0.2, 0) is 0 Å². The summed E-state index contributed by atoms with van der Waals surface area (Å²) in [6, 6.07) is 6.88. The zero-order valence-electron chi connectivity index (χ0n) is 9.51. The van der Waals surface area contributed by atoms with Gasteiger partial charge in [0.1, 0.15) is 0 Å². The van der Waals surface area contributed by atoms with Crippen molar-refractivity contribution in [3.8, 4) is 0 Å². The minimum Gasteiger partial charge on any atom is -0.545 e. The van der Waals surface area contributed by atoms with Gasteiger partial charge in [0, 0.05) is 21.1 Å². The van der Waals surface area contributed by atoms with E-state index in [4.69, 9.17) is 0 Å². The van der Waals surface area contributed by atoms with E-state index in [2.05, 4.69) is 20.9 Å². The number of aliphatic imine (C=N–C) groups is 1. The smallest absolute Gasteiger partial charge is 0.0737 e. The molecule has 0 atom stereocenters. The predicted molar refractivity (Wildman–Crippen MR) is 74.8 cm³/mol. The lowest BCUT2D eigenvalue weighted by atomic mass is 10.2. The van der Waals surface area contributed by atoms with Crippen molar-refractivity contribution in [2.75, 3.05) is 0 Å². The van der Waals surface area contributed by atoms with Crippen LogP contribution in [0.3, 0.4) is 0 Å². The average Bonchev–Trinajstić information content (AvgIpc) is 2.73. The standard InChI is InChI=1S/C13H10BrNO2S/c1-8-4-5-18-12(8)7-15-11-3-2-9(14)6-10(11)13(16)17/h2-7H,1H3,(H,16,17)/p-1. The topological polar surface area (TPSA) is 52.5 Å². The lowest BCUT2D eigenvalue weighted by Crippen LogP contribution is -2.22. The second-order valence-electron chi connectivity index (χ2n) is 3.67. The number of rotatable bonds is 3. The molecule has 0 saturated carbocycles. The number of thiophene rings is 1. The lowest BCUT2D eigenvalue weighted by molar-refractivity contribution is -0.254. The maximum Gasteiger partial charge on any atom is 0.0737 e. The van der Waals surface area contributed by atoms with E-state index in [1.807, 2.05) is 18.4 Å². The molecule has 92 valence electrons. The first-order valence-corrected chi connectivity index (χ1v) is 6.84. The van der Waals surface area contributed by atoms with Crippen molar-refractivity contribution < 1.29 is 9.90 Å². The van der Waals surface area contributed by atoms with Gasteiger partial charge in [0.25, 0.3) is 0 Å². The Morgan fingerprint density at radius 3 is 2.83 bits per heavy atom. The summed E-state index contributed by atoms with van der Waals surface area (Å²) in [6.07, 6.45) is 1.68. The minimum atomic E-state index is -1.23. The highest BCUT2D eigenvalue weighted by Gasteiger charge is 2.03. The van der Waals surface area contributed by atoms with Crippen LogP contribution in [0.15, 0.2) is 39.1 Å². The van der Waals surface area contributed by atoms with Crippen molar-refractivity contribution >= 4 is 45.1 Å². The van der Waals surface area contributed by atoms with Gasteiger partial charge in [0.2, 0.25) is 0 Å². The molecule has 18 heavy (non-hydrogen) atoms. The zero-order valence-corrected chi connectivity index (χ0v) is 11.9. The lowest BCUT2D eigenvalue weighted by Gasteiger charge is -2.06. The molecule has 0 aliphatic rings. The number of carboxylic acid groups (broad SMARTS) is 1. The van der Waals surface area contributed by atoms with Crippen molar-refractivity contribution in [2.24, 2.45) is 4.99 Å². The highest BCUT2D eigenvalue weighted by atomic mass is 79.9. The number of hydrogen-bond donors (Lipinski definition) is 0. The van der Waals surface area contributed by atoms with Crippen molar-refractivity contribution in [1.82, 2.24) is 0 Å². The van der Waals surface area contributed by atoms with Gasteiger partial charge in [0.05, 0.1) is 11.7 Å². The van der Waals surface area contributed by atoms with E-state index in [9.17, 15) is 9.90 Å². The van der Waals surface area contributed by atoms with E-state index in [-0.39, 0.29) is 5.56 Å². The number of nitrogens with zero attached hydrogens (tertiary/aromatic N) is 1. The van der Waals surface area contributed by atoms with Gasteiger partial charge >= 0.3 is 0 Å². The molecule has 0 amide bonds. The van der Waals surface area contributed by atoms with Crippen LogP contribution in [0.4, 0.5) is 5.69 Å². The SMILES string of the molecule is Cc1ccsc1C=Nc1ccc(Br)cc1C(=O)[O-]. The third kappa shape index (κ3) is 2.86. The molecule has 0 spiro atoms. The van der Waals surface area contributed by atoms with Gasteiger partial charge in [0.15, 0.2) is 0 Å². The molecule has 1 aromatic heterocycles. The summed E-state index contributed by atoms with van der Waals surface area (Å²) in [4.78, 5) is 16.2. The first kappa shape index (κ1) is 13.0. The van der Waals surface area contributed by atoms with Gasteiger partial charge in [-0.2, -0.15) is 0 Å². The quantitative estimate of drug-likeness (QED) is 0.816. The molecule has 1 heterocycles. The van der Waals surface area contributed by atoms with Gasteiger partial charge in [-0.3, -0.25) is 4.99 Å². The molecular weight excluding hydrogens is 314 g/mol. The van der Waals surface area contributed by atoms with E-state index in [0.717, 1.165) is 10.4 Å². The second-order valence-corrected chi connectivity index (χ2v) is 5.54. The Kier molecular flexibility index (Phi) is 3.93. The molecule has 0 radical (unpaired) electrons. The summed E-state index contributed by atoms with van der Waals surface area (Å²) in [5.41, 5.74) is 1.59. The number of benzene rings is 1. The minimum absolute atomic E-state index is 0.0786. The van der Waals surface area contributed by atoms with Crippen LogP contribution in [0.1, 0.15) is 20.8 Å². The summed E-state index contributed by atoms with van der Waals surface area (Å²) in [6.45, 7) is 1.99. The molecular formula is C13H9BrNO2S-. The Balaban J connectivity index is 2.37. The molecule has 3 nitrogen and oxygen atoms in total. The van der Waals surface area contributed by atoms with Crippen molar-refractivity contribution in [1.29, 1.82) is 0 Å². The van der Waals surface area contributed by atoms with Crippen LogP contribution in [0, 0.1) is 6.92 Å². The summed E-state index contributed by atoms with van der Waals surface area (Å²) < 4.78 is 0.688. The molecule has 2 rings (SSSR count). The largest absolute Gasteiger partial charge is 0.545 e. The van der Waals surface area contributed by atoms with Crippen LogP contribution in [0.25, 0.3) is 0 Å². The Morgan fingerprint density at radius 1 is 1.44 bits per heavy atom. The third-order valence-electron chi connectivity index (χ3n) is 2.40. The van der Waals surface area contributed by atoms with Gasteiger partial charge in [-0.05, 0) is 42.1 Å². The second kappa shape index (κ2) is 5.46. The fourth-order valence-electron chi connectivity index (χ4n) is 1.43. The predicted octanol–water partition coefficient (Wildman–Crippen LogP) is 2.93. The maximum atomic E-state index is 11.0. The molecule has 5 heteroatoms. The highest BCUT2D eigenvalue weighted by Crippen LogP contribution is 2.24. The van der Waals surface area contributed by atoms with Crippen molar-refractivity contribution in [3.63, 3.8) is 0 Å². The van der Waals surface area contributed by atoms with Gasteiger partial charge in [-0.1, -0.05) is 15.9 Å². The molecule has 0 aliphatic carbocycles. The van der Waals surface area contributed by atoms with Crippen LogP contribution in [0.5, 0.6) is 0 Å². The monoisotopic (exact) mass is 322 g/mol. The zero-order chi connectivity index (χ0) is 13.1. The normalized spacial score (nSPS) is 11.0. The van der Waals surface area contributed by atoms with Gasteiger partial charge in [-0.25, -0.2) is 0 Å². The van der Waals surface area contributed by atoms with Crippen LogP contribution in [-0.4, -0.2) is 12.2 Å². The number of carbonyl (C=O) groups is 1. The van der Waals surface area contributed by atoms with Crippen LogP contribution in [0.2, 0.25) is 0 Å². The van der Waals surface area contributed by atoms with Crippen LogP contribution < -0.4 is 5.11 Å². The number of hydrogen-bond acceptors (Lipinski definition) is 4. The third-order valence-corrected chi connectivity index (χ3v) is 3.85. The maximum absolute atomic E-state index is 11.0. The molecule has 0 fully saturated rings. The molecule has 0 bridgehead atoms. The fraction of sp³-hybridized carbons (Fsp3) is 0.0769. The summed E-state index contributed by atoms with van der Waals surface area (Å²) >= 11 is 4.79. The molecule has 0 saturated heterocycles. The number of halogens is 1. The highest BCUT2D eigenvalue weighted by molar-refractivity contribution is 9.10. The van der Waals surface area contributed by atoms with E-state index < -0.39 is 5.97 Å². The molecule has 0 N–H and O–H groups in total. The summed E-state index contributed by atoms with van der Waals surface area (Å²) in [5, 5.41) is 13.0. The van der Waals surface area contributed by atoms with E-state index in [0.29, 0.717) is 10.2 Å². The summed E-state index contributed by atoms with van der Waals surface area (Å²) in [7, 11) is 0. The summed E-state index contributed by atoms with van der Waals surface area (Å²) in [5.74, 6) is -1.23. The number of aromatic carboxylic acids is 1. The van der Waals surface area contributed by atoms with E-state index in [1.54, 1.807) is 29.7 Å². The van der Waals surface area contributed by atoms with Crippen LogP contribution >= 0.6 is 27.3 Å². The molecule has 1 aromatic carbocycles. The Bertz CT molecular complexity index is 619. The average molecular weight is 323 g/mol. The molecule has 0 unspecified atom stereocenters. The molecule has 2 aromatic rings. The number of aryl methyl sites for hydroxylation is 1. The van der Waals surface area contributed by atoms with Gasteiger partial charge < -0.3 is 9.90 Å². The van der Waals surface area contributed by atoms with E-state index in [1.165, 1.54) is 6.07 Å². The first-order chi connectivity index (χ1) is 8.58. The Hall–Kier alpha value is -1.46. The van der Waals surface area contributed by atoms with E-state index >= 15 is 0 Å². The Labute approximate surface area is 117 Å². The number of carboxylic acids is 1. The van der Waals surface area contributed by atoms with Crippen molar-refractivity contribution in [3.05, 3.63) is 50.1 Å². The van der Waals surface area contributed by atoms with Gasteiger partial charge in [-0.15, -0.1) is 11.3 Å².